The highest BCUT2D eigenvalue weighted by atomic mass is 19.1. The van der Waals surface area contributed by atoms with Gasteiger partial charge in [0.15, 0.2) is 0 Å². The van der Waals surface area contributed by atoms with Crippen LogP contribution in [0.3, 0.4) is 0 Å². The standard InChI is InChI=1S/C14H18FN3O2/c15-11-3-1-2-10(6-11)14(4-5-14)9-18-13(20)8-17-12(19)7-16/h1-3,6H,4-5,7-9,16H2,(H,17,19)(H,18,20). The van der Waals surface area contributed by atoms with Crippen LogP contribution in [0.1, 0.15) is 18.4 Å². The molecular weight excluding hydrogens is 261 g/mol. The normalized spacial score (nSPS) is 15.5. The maximum atomic E-state index is 13.2. The lowest BCUT2D eigenvalue weighted by molar-refractivity contribution is -0.125. The fraction of sp³-hybridized carbons (Fsp3) is 0.429. The maximum Gasteiger partial charge on any atom is 0.239 e. The van der Waals surface area contributed by atoms with Gasteiger partial charge in [0.05, 0.1) is 13.1 Å². The molecule has 108 valence electrons. The van der Waals surface area contributed by atoms with Gasteiger partial charge < -0.3 is 16.4 Å². The SMILES string of the molecule is NCC(=O)NCC(=O)NCC1(c2cccc(F)c2)CC1. The first kappa shape index (κ1) is 14.5. The van der Waals surface area contributed by atoms with E-state index in [4.69, 9.17) is 5.73 Å². The lowest BCUT2D eigenvalue weighted by Gasteiger charge is -2.16. The molecule has 2 rings (SSSR count). The summed E-state index contributed by atoms with van der Waals surface area (Å²) in [4.78, 5) is 22.5. The van der Waals surface area contributed by atoms with Gasteiger partial charge in [0.25, 0.3) is 0 Å². The van der Waals surface area contributed by atoms with Crippen molar-refractivity contribution in [2.75, 3.05) is 19.6 Å². The number of rotatable bonds is 6. The molecule has 1 fully saturated rings. The Hall–Kier alpha value is -1.95. The maximum absolute atomic E-state index is 13.2. The van der Waals surface area contributed by atoms with Gasteiger partial charge in [0.2, 0.25) is 11.8 Å². The summed E-state index contributed by atoms with van der Waals surface area (Å²) < 4.78 is 13.2. The summed E-state index contributed by atoms with van der Waals surface area (Å²) >= 11 is 0. The van der Waals surface area contributed by atoms with Crippen molar-refractivity contribution in [3.8, 4) is 0 Å². The van der Waals surface area contributed by atoms with Gasteiger partial charge in [0, 0.05) is 12.0 Å². The van der Waals surface area contributed by atoms with Crippen LogP contribution in [0.4, 0.5) is 4.39 Å². The van der Waals surface area contributed by atoms with Crippen molar-refractivity contribution in [3.05, 3.63) is 35.6 Å². The van der Waals surface area contributed by atoms with Crippen LogP contribution in [-0.4, -0.2) is 31.4 Å². The monoisotopic (exact) mass is 279 g/mol. The average Bonchev–Trinajstić information content (AvgIpc) is 3.23. The van der Waals surface area contributed by atoms with Crippen LogP contribution >= 0.6 is 0 Å². The van der Waals surface area contributed by atoms with Gasteiger partial charge >= 0.3 is 0 Å². The van der Waals surface area contributed by atoms with Crippen molar-refractivity contribution in [2.24, 2.45) is 5.73 Å². The Morgan fingerprint density at radius 3 is 2.60 bits per heavy atom. The molecule has 6 heteroatoms. The smallest absolute Gasteiger partial charge is 0.239 e. The molecular formula is C14H18FN3O2. The van der Waals surface area contributed by atoms with E-state index in [1.54, 1.807) is 6.07 Å². The highest BCUT2D eigenvalue weighted by Crippen LogP contribution is 2.47. The van der Waals surface area contributed by atoms with Gasteiger partial charge in [-0.05, 0) is 30.5 Å². The predicted octanol–water partition coefficient (Wildman–Crippen LogP) is 0.0484. The van der Waals surface area contributed by atoms with E-state index in [1.807, 2.05) is 6.07 Å². The number of hydrogen-bond donors (Lipinski definition) is 3. The molecule has 0 radical (unpaired) electrons. The van der Waals surface area contributed by atoms with Crippen LogP contribution in [0.5, 0.6) is 0 Å². The molecule has 0 aromatic heterocycles. The van der Waals surface area contributed by atoms with Crippen molar-refractivity contribution in [2.45, 2.75) is 18.3 Å². The first-order valence-electron chi connectivity index (χ1n) is 6.55. The Bertz CT molecular complexity index is 515. The Morgan fingerprint density at radius 1 is 1.25 bits per heavy atom. The highest BCUT2D eigenvalue weighted by molar-refractivity contribution is 5.85. The van der Waals surface area contributed by atoms with Crippen LogP contribution < -0.4 is 16.4 Å². The first-order chi connectivity index (χ1) is 9.55. The number of carbonyl (C=O) groups excluding carboxylic acids is 2. The van der Waals surface area contributed by atoms with E-state index in [9.17, 15) is 14.0 Å². The van der Waals surface area contributed by atoms with Crippen LogP contribution in [-0.2, 0) is 15.0 Å². The largest absolute Gasteiger partial charge is 0.354 e. The lowest BCUT2D eigenvalue weighted by Crippen LogP contribution is -2.41. The van der Waals surface area contributed by atoms with Crippen LogP contribution in [0.25, 0.3) is 0 Å². The second-order valence-electron chi connectivity index (χ2n) is 5.05. The van der Waals surface area contributed by atoms with Gasteiger partial charge in [-0.3, -0.25) is 9.59 Å². The Kier molecular flexibility index (Phi) is 4.34. The number of nitrogens with one attached hydrogen (secondary N) is 2. The fourth-order valence-corrected chi connectivity index (χ4v) is 2.12. The van der Waals surface area contributed by atoms with E-state index < -0.39 is 0 Å². The molecule has 1 aromatic rings. The number of carbonyl (C=O) groups is 2. The number of halogens is 1. The van der Waals surface area contributed by atoms with E-state index in [-0.39, 0.29) is 36.1 Å². The molecule has 0 bridgehead atoms. The zero-order chi connectivity index (χ0) is 14.6. The highest BCUT2D eigenvalue weighted by Gasteiger charge is 2.44. The molecule has 20 heavy (non-hydrogen) atoms. The number of hydrogen-bond acceptors (Lipinski definition) is 3. The minimum Gasteiger partial charge on any atom is -0.354 e. The lowest BCUT2D eigenvalue weighted by atomic mass is 9.96. The van der Waals surface area contributed by atoms with Crippen molar-refractivity contribution in [3.63, 3.8) is 0 Å². The molecule has 1 aromatic carbocycles. The topological polar surface area (TPSA) is 84.2 Å². The molecule has 0 saturated heterocycles. The molecule has 2 amide bonds. The zero-order valence-electron chi connectivity index (χ0n) is 11.1. The van der Waals surface area contributed by atoms with E-state index in [2.05, 4.69) is 10.6 Å². The second-order valence-corrected chi connectivity index (χ2v) is 5.05. The van der Waals surface area contributed by atoms with E-state index in [0.717, 1.165) is 18.4 Å². The molecule has 1 saturated carbocycles. The third-order valence-electron chi connectivity index (χ3n) is 3.55. The number of benzene rings is 1. The van der Waals surface area contributed by atoms with Gasteiger partial charge in [-0.15, -0.1) is 0 Å². The average molecular weight is 279 g/mol. The quantitative estimate of drug-likeness (QED) is 0.688. The molecule has 4 N–H and O–H groups in total. The third-order valence-corrected chi connectivity index (χ3v) is 3.55. The number of amides is 2. The van der Waals surface area contributed by atoms with E-state index in [0.29, 0.717) is 6.54 Å². The minimum absolute atomic E-state index is 0.0880. The molecule has 0 aliphatic heterocycles. The number of nitrogens with two attached hydrogens (primary N) is 1. The van der Waals surface area contributed by atoms with Gasteiger partial charge in [-0.2, -0.15) is 0 Å². The molecule has 1 aliphatic rings. The summed E-state index contributed by atoms with van der Waals surface area (Å²) in [5, 5.41) is 5.17. The molecule has 0 heterocycles. The molecule has 0 spiro atoms. The summed E-state index contributed by atoms with van der Waals surface area (Å²) in [7, 11) is 0. The Balaban J connectivity index is 1.84. The minimum atomic E-state index is -0.369. The van der Waals surface area contributed by atoms with Crippen molar-refractivity contribution >= 4 is 11.8 Å². The van der Waals surface area contributed by atoms with Crippen LogP contribution in [0.15, 0.2) is 24.3 Å². The van der Waals surface area contributed by atoms with Gasteiger partial charge in [0.1, 0.15) is 5.82 Å². The molecule has 1 aliphatic carbocycles. The van der Waals surface area contributed by atoms with Crippen LogP contribution in [0.2, 0.25) is 0 Å². The second kappa shape index (κ2) is 6.00. The van der Waals surface area contributed by atoms with Crippen LogP contribution in [0, 0.1) is 5.82 Å². The summed E-state index contributed by atoms with van der Waals surface area (Å²) in [6, 6.07) is 6.46. The summed E-state index contributed by atoms with van der Waals surface area (Å²) in [6.07, 6.45) is 1.85. The molecule has 5 nitrogen and oxygen atoms in total. The third kappa shape index (κ3) is 3.54. The fourth-order valence-electron chi connectivity index (χ4n) is 2.12. The predicted molar refractivity (Wildman–Crippen MR) is 72.4 cm³/mol. The first-order valence-corrected chi connectivity index (χ1v) is 6.55. The summed E-state index contributed by atoms with van der Waals surface area (Å²) in [5.41, 5.74) is 5.87. The summed E-state index contributed by atoms with van der Waals surface area (Å²) in [5.74, 6) is -0.906. The van der Waals surface area contributed by atoms with E-state index >= 15 is 0 Å². The molecule has 0 unspecified atom stereocenters. The zero-order valence-corrected chi connectivity index (χ0v) is 11.1. The molecule has 0 atom stereocenters. The van der Waals surface area contributed by atoms with Crippen molar-refractivity contribution < 1.29 is 14.0 Å². The van der Waals surface area contributed by atoms with Gasteiger partial charge in [-0.1, -0.05) is 12.1 Å². The van der Waals surface area contributed by atoms with E-state index in [1.165, 1.54) is 12.1 Å². The van der Waals surface area contributed by atoms with Crippen molar-refractivity contribution in [1.29, 1.82) is 0 Å². The van der Waals surface area contributed by atoms with Gasteiger partial charge in [-0.25, -0.2) is 4.39 Å². The Labute approximate surface area is 116 Å². The summed E-state index contributed by atoms with van der Waals surface area (Å²) in [6.45, 7) is 0.226. The van der Waals surface area contributed by atoms with Crippen molar-refractivity contribution in [1.82, 2.24) is 10.6 Å². The Morgan fingerprint density at radius 2 is 2.00 bits per heavy atom.